The number of carbonyl (C=O) groups is 15. The van der Waals surface area contributed by atoms with Crippen molar-refractivity contribution in [2.75, 3.05) is 39.3 Å². The number of primary amides is 1. The standard InChI is InChI=1S/C72H135N23O15/c1-37(2)31-50(61(101)82-35-54(97)86-47(25-21-29-80-71(76)77)64(104)90-52(33-39(5)6)67(107)93-56(41(9)10)59(75)99)89-60(100)44(15)84-63(103)49(24-18-20-28-74)88-69(109)57(42(11)12)95-68(108)53(34-40(7)8)91-65(105)48(26-22-30-81-72(78)79)87-55(98)36-83-62(102)51(32-38(3)4)92-70(110)58(43(13)14)94-66(106)46(85-45(16)96)23-17-19-27-73/h37-44,46-53,56-58H,17-36,73-74H2,1-16H3,(H2,75,99)(H,82,101)(H,83,102)(H,84,103)(H,85,96)(H,86,97)(H,87,98)(H,88,109)(H,89,100)(H,90,104)(H,91,105)(H,92,110)(H,93,107)(H,94,106)(H,95,108)(H4,76,77,80)(H4,78,79,81)/t44-,46-,47-,48-,49-,50-,51-,52-,53-,56-,57-,58-/m0/s1. The lowest BCUT2D eigenvalue weighted by Crippen LogP contribution is -2.60. The summed E-state index contributed by atoms with van der Waals surface area (Å²) in [7, 11) is 0. The van der Waals surface area contributed by atoms with Crippen LogP contribution in [0.15, 0.2) is 9.98 Å². The van der Waals surface area contributed by atoms with E-state index in [1.54, 1.807) is 69.2 Å². The average Bonchev–Trinajstić information content (AvgIpc) is 0.862. The second kappa shape index (κ2) is 53.4. The van der Waals surface area contributed by atoms with E-state index in [0.717, 1.165) is 0 Å². The second-order valence-corrected chi connectivity index (χ2v) is 30.5. The van der Waals surface area contributed by atoms with E-state index in [2.05, 4.69) is 84.4 Å². The highest BCUT2D eigenvalue weighted by Crippen LogP contribution is 2.16. The third-order valence-corrected chi connectivity index (χ3v) is 17.1. The summed E-state index contributed by atoms with van der Waals surface area (Å²) < 4.78 is 0. The summed E-state index contributed by atoms with van der Waals surface area (Å²) in [6.45, 7) is 26.4. The number of hydrogen-bond acceptors (Lipinski definition) is 19. The van der Waals surface area contributed by atoms with Crippen LogP contribution in [0.5, 0.6) is 0 Å². The highest BCUT2D eigenvalue weighted by Gasteiger charge is 2.37. The van der Waals surface area contributed by atoms with Gasteiger partial charge in [-0.15, -0.1) is 0 Å². The first kappa shape index (κ1) is 101. The molecular formula is C72H135N23O15. The molecule has 28 N–H and O–H groups in total. The zero-order valence-electron chi connectivity index (χ0n) is 67.7. The van der Waals surface area contributed by atoms with Crippen LogP contribution in [-0.4, -0.2) is 212 Å². The molecule has 0 saturated carbocycles. The highest BCUT2D eigenvalue weighted by atomic mass is 16.2. The van der Waals surface area contributed by atoms with Gasteiger partial charge in [-0.1, -0.05) is 96.9 Å². The maximum absolute atomic E-state index is 14.5. The van der Waals surface area contributed by atoms with Crippen molar-refractivity contribution < 1.29 is 71.9 Å². The number of unbranched alkanes of at least 4 members (excludes halogenated alkanes) is 2. The molecule has 0 aromatic carbocycles. The van der Waals surface area contributed by atoms with E-state index in [1.165, 1.54) is 13.8 Å². The molecule has 0 fully saturated rings. The largest absolute Gasteiger partial charge is 0.370 e. The van der Waals surface area contributed by atoms with Crippen molar-refractivity contribution in [1.29, 1.82) is 0 Å². The van der Waals surface area contributed by atoms with Gasteiger partial charge in [-0.3, -0.25) is 81.9 Å². The van der Waals surface area contributed by atoms with Gasteiger partial charge in [0.05, 0.1) is 13.1 Å². The summed E-state index contributed by atoms with van der Waals surface area (Å²) in [5.74, 6) is -13.9. The molecule has 0 rings (SSSR count). The first-order valence-electron chi connectivity index (χ1n) is 38.3. The fraction of sp³-hybridized carbons (Fsp3) is 0.764. The van der Waals surface area contributed by atoms with Gasteiger partial charge < -0.3 is 115 Å². The number of amides is 15. The summed E-state index contributed by atoms with van der Waals surface area (Å²) >= 11 is 0. The van der Waals surface area contributed by atoms with E-state index < -0.39 is 186 Å². The highest BCUT2D eigenvalue weighted by molar-refractivity contribution is 6.00. The number of hydrogen-bond donors (Lipinski definition) is 21. The van der Waals surface area contributed by atoms with Crippen LogP contribution in [0.1, 0.15) is 201 Å². The zero-order valence-corrected chi connectivity index (χ0v) is 67.7. The van der Waals surface area contributed by atoms with Crippen molar-refractivity contribution in [3.05, 3.63) is 0 Å². The van der Waals surface area contributed by atoms with Gasteiger partial charge in [0.25, 0.3) is 0 Å². The lowest BCUT2D eigenvalue weighted by atomic mass is 9.98. The van der Waals surface area contributed by atoms with Crippen molar-refractivity contribution in [3.8, 4) is 0 Å². The molecule has 0 heterocycles. The minimum atomic E-state index is -1.36. The smallest absolute Gasteiger partial charge is 0.243 e. The Morgan fingerprint density at radius 3 is 0.882 bits per heavy atom. The monoisotopic (exact) mass is 1560 g/mol. The molecule has 0 spiro atoms. The molecule has 38 heteroatoms. The van der Waals surface area contributed by atoms with Crippen molar-refractivity contribution >= 4 is 101 Å². The number of nitrogens with one attached hydrogen (secondary N) is 14. The molecule has 628 valence electrons. The molecule has 0 aromatic rings. The number of nitrogens with zero attached hydrogens (tertiary/aromatic N) is 2. The van der Waals surface area contributed by atoms with E-state index >= 15 is 0 Å². The van der Waals surface area contributed by atoms with Crippen LogP contribution in [0.3, 0.4) is 0 Å². The summed E-state index contributed by atoms with van der Waals surface area (Å²) in [6, 6.07) is -14.7. The molecule has 0 aromatic heterocycles. The molecule has 110 heavy (non-hydrogen) atoms. The third-order valence-electron chi connectivity index (χ3n) is 17.1. The molecule has 0 saturated heterocycles. The quantitative estimate of drug-likeness (QED) is 0.0157. The Morgan fingerprint density at radius 2 is 0.564 bits per heavy atom. The summed E-state index contributed by atoms with van der Waals surface area (Å²) in [5.41, 5.74) is 39.1. The van der Waals surface area contributed by atoms with Crippen LogP contribution < -0.4 is 115 Å². The number of guanidine groups is 2. The zero-order chi connectivity index (χ0) is 84.2. The van der Waals surface area contributed by atoms with Gasteiger partial charge in [0, 0.05) is 20.0 Å². The van der Waals surface area contributed by atoms with Gasteiger partial charge in [0.2, 0.25) is 88.6 Å². The van der Waals surface area contributed by atoms with Crippen molar-refractivity contribution in [2.24, 2.45) is 91.5 Å². The van der Waals surface area contributed by atoms with Crippen LogP contribution >= 0.6 is 0 Å². The molecule has 0 bridgehead atoms. The minimum absolute atomic E-state index is 0.0193. The van der Waals surface area contributed by atoms with Gasteiger partial charge in [-0.05, 0) is 151 Å². The van der Waals surface area contributed by atoms with E-state index in [0.29, 0.717) is 32.2 Å². The number of carbonyl (C=O) groups excluding carboxylic acids is 15. The third kappa shape index (κ3) is 42.5. The molecule has 12 atom stereocenters. The van der Waals surface area contributed by atoms with Crippen LogP contribution in [0.25, 0.3) is 0 Å². The number of nitrogens with two attached hydrogens (primary N) is 7. The second-order valence-electron chi connectivity index (χ2n) is 30.5. The Morgan fingerprint density at radius 1 is 0.291 bits per heavy atom. The summed E-state index contributed by atoms with van der Waals surface area (Å²) in [6.07, 6.45) is 2.74. The molecule has 0 aliphatic heterocycles. The van der Waals surface area contributed by atoms with Gasteiger partial charge in [-0.25, -0.2) is 0 Å². The lowest BCUT2D eigenvalue weighted by Gasteiger charge is -2.29. The molecule has 15 amide bonds. The summed E-state index contributed by atoms with van der Waals surface area (Å²) in [5, 5.41) is 36.9. The first-order valence-corrected chi connectivity index (χ1v) is 38.3. The van der Waals surface area contributed by atoms with E-state index in [-0.39, 0.29) is 125 Å². The van der Waals surface area contributed by atoms with Crippen molar-refractivity contribution in [2.45, 2.75) is 273 Å². The molecular weight excluding hydrogens is 1430 g/mol. The van der Waals surface area contributed by atoms with Crippen LogP contribution in [0.4, 0.5) is 0 Å². The van der Waals surface area contributed by atoms with Crippen LogP contribution in [-0.2, 0) is 71.9 Å². The SMILES string of the molecule is CC(=O)N[C@@H](CCCCN)C(=O)N[C@H](C(=O)N[C@@H](CC(C)C)C(=O)NCC(=O)N[C@@H](CCCN=C(N)N)C(=O)N[C@@H](CC(C)C)C(=O)N[C@H](C(=O)N[C@@H](CCCCN)C(=O)N[C@@H](C)C(=O)N[C@@H](CC(C)C)C(=O)NCC(=O)N[C@@H](CCCN=C(N)N)C(=O)N[C@@H](CC(C)C)C(=O)N[C@H](C(N)=O)C(C)C)C(C)C)C(C)C. The van der Waals surface area contributed by atoms with Gasteiger partial charge >= 0.3 is 0 Å². The van der Waals surface area contributed by atoms with Crippen molar-refractivity contribution in [1.82, 2.24) is 74.4 Å². The fourth-order valence-electron chi connectivity index (χ4n) is 11.3. The van der Waals surface area contributed by atoms with Gasteiger partial charge in [0.1, 0.15) is 72.5 Å². The maximum atomic E-state index is 14.5. The Bertz CT molecular complexity index is 3050. The van der Waals surface area contributed by atoms with Crippen LogP contribution in [0.2, 0.25) is 0 Å². The lowest BCUT2D eigenvalue weighted by molar-refractivity contribution is -0.136. The minimum Gasteiger partial charge on any atom is -0.370 e. The normalized spacial score (nSPS) is 14.6. The number of rotatable bonds is 55. The van der Waals surface area contributed by atoms with Gasteiger partial charge in [-0.2, -0.15) is 0 Å². The Balaban J connectivity index is 6.68. The average molecular weight is 1560 g/mol. The number of aliphatic imine (C=N–C) groups is 2. The predicted octanol–water partition coefficient (Wildman–Crippen LogP) is -3.92. The van der Waals surface area contributed by atoms with E-state index in [4.69, 9.17) is 40.1 Å². The molecule has 0 radical (unpaired) electrons. The summed E-state index contributed by atoms with van der Waals surface area (Å²) in [4.78, 5) is 213. The molecule has 0 unspecified atom stereocenters. The van der Waals surface area contributed by atoms with Crippen LogP contribution in [0, 0.1) is 41.4 Å². The van der Waals surface area contributed by atoms with E-state index in [9.17, 15) is 71.9 Å². The first-order chi connectivity index (χ1) is 51.3. The fourth-order valence-corrected chi connectivity index (χ4v) is 11.3. The van der Waals surface area contributed by atoms with Crippen molar-refractivity contribution in [3.63, 3.8) is 0 Å². The Hall–Kier alpha value is -9.49. The van der Waals surface area contributed by atoms with Gasteiger partial charge in [0.15, 0.2) is 11.9 Å². The predicted molar refractivity (Wildman–Crippen MR) is 418 cm³/mol. The molecule has 0 aliphatic rings. The topological polar surface area (TPSA) is 631 Å². The Kier molecular flexibility index (Phi) is 48.8. The Labute approximate surface area is 648 Å². The van der Waals surface area contributed by atoms with E-state index in [1.807, 2.05) is 27.7 Å². The molecule has 38 nitrogen and oxygen atoms in total. The molecule has 0 aliphatic carbocycles. The maximum Gasteiger partial charge on any atom is 0.243 e.